The number of carbonyl (C=O) groups is 1. The Balaban J connectivity index is 1.67. The number of anilines is 2. The summed E-state index contributed by atoms with van der Waals surface area (Å²) in [5, 5.41) is 4.57. The summed E-state index contributed by atoms with van der Waals surface area (Å²) in [6.45, 7) is 2.11. The number of aryl methyl sites for hydroxylation is 2. The first-order valence-electron chi connectivity index (χ1n) is 9.11. The Morgan fingerprint density at radius 1 is 1.37 bits per heavy atom. The molecule has 0 saturated carbocycles. The Kier molecular flexibility index (Phi) is 4.90. The lowest BCUT2D eigenvalue weighted by molar-refractivity contribution is 0.0601. The van der Waals surface area contributed by atoms with Gasteiger partial charge in [-0.2, -0.15) is 0 Å². The molecule has 27 heavy (non-hydrogen) atoms. The smallest absolute Gasteiger partial charge is 0.341 e. The van der Waals surface area contributed by atoms with Gasteiger partial charge in [0.1, 0.15) is 10.8 Å². The van der Waals surface area contributed by atoms with Gasteiger partial charge in [0.15, 0.2) is 5.11 Å². The number of fused-ring (bicyclic) bond motifs is 2. The lowest BCUT2D eigenvalue weighted by Gasteiger charge is -2.37. The van der Waals surface area contributed by atoms with E-state index in [2.05, 4.69) is 12.2 Å². The van der Waals surface area contributed by atoms with Crippen molar-refractivity contribution in [1.29, 1.82) is 0 Å². The van der Waals surface area contributed by atoms with Crippen LogP contribution in [0.15, 0.2) is 18.2 Å². The van der Waals surface area contributed by atoms with Gasteiger partial charge in [-0.25, -0.2) is 9.18 Å². The number of hydrogen-bond acceptors (Lipinski definition) is 4. The van der Waals surface area contributed by atoms with E-state index in [9.17, 15) is 9.18 Å². The minimum atomic E-state index is -0.325. The highest BCUT2D eigenvalue weighted by molar-refractivity contribution is 7.80. The van der Waals surface area contributed by atoms with E-state index >= 15 is 0 Å². The number of hydrogen-bond donors (Lipinski definition) is 1. The van der Waals surface area contributed by atoms with Crippen molar-refractivity contribution in [2.45, 2.75) is 45.1 Å². The Labute approximate surface area is 167 Å². The summed E-state index contributed by atoms with van der Waals surface area (Å²) in [4.78, 5) is 15.6. The standard InChI is InChI=1S/C20H21FN2O2S2/c1-11-6-7-12-10-13(21)8-9-15(12)23(11)20(26)22-18-17(19(24)25-2)14-4-3-5-16(14)27-18/h8-11H,3-7H2,1-2H3,(H,22,26)/t11-/m1/s1. The Morgan fingerprint density at radius 3 is 2.96 bits per heavy atom. The lowest BCUT2D eigenvalue weighted by atomic mass is 9.97. The maximum atomic E-state index is 13.6. The highest BCUT2D eigenvalue weighted by atomic mass is 32.1. The van der Waals surface area contributed by atoms with Gasteiger partial charge in [0.2, 0.25) is 0 Å². The number of esters is 1. The van der Waals surface area contributed by atoms with Crippen molar-refractivity contribution in [3.63, 3.8) is 0 Å². The number of benzene rings is 1. The fraction of sp³-hybridized carbons (Fsp3) is 0.400. The van der Waals surface area contributed by atoms with Gasteiger partial charge in [-0.05, 0) is 80.6 Å². The molecule has 0 unspecified atom stereocenters. The molecule has 0 bridgehead atoms. The number of thiophene rings is 1. The van der Waals surface area contributed by atoms with Crippen LogP contribution >= 0.6 is 23.6 Å². The minimum Gasteiger partial charge on any atom is -0.465 e. The Morgan fingerprint density at radius 2 is 2.19 bits per heavy atom. The highest BCUT2D eigenvalue weighted by Gasteiger charge is 2.31. The van der Waals surface area contributed by atoms with Crippen molar-refractivity contribution < 1.29 is 13.9 Å². The molecule has 0 spiro atoms. The van der Waals surface area contributed by atoms with E-state index < -0.39 is 0 Å². The molecule has 0 fully saturated rings. The van der Waals surface area contributed by atoms with Crippen molar-refractivity contribution in [1.82, 2.24) is 0 Å². The maximum Gasteiger partial charge on any atom is 0.341 e. The summed E-state index contributed by atoms with van der Waals surface area (Å²) in [5.74, 6) is -0.557. The van der Waals surface area contributed by atoms with E-state index in [1.54, 1.807) is 23.5 Å². The number of rotatable bonds is 2. The van der Waals surface area contributed by atoms with Crippen LogP contribution in [-0.2, 0) is 24.0 Å². The SMILES string of the molecule is COC(=O)c1c(NC(=S)N2c3ccc(F)cc3CC[C@H]2C)sc2c1CCC2. The van der Waals surface area contributed by atoms with E-state index in [0.29, 0.717) is 10.7 Å². The number of halogens is 1. The van der Waals surface area contributed by atoms with E-state index in [-0.39, 0.29) is 17.8 Å². The first-order chi connectivity index (χ1) is 13.0. The zero-order valence-corrected chi connectivity index (χ0v) is 16.9. The second kappa shape index (κ2) is 7.20. The summed E-state index contributed by atoms with van der Waals surface area (Å²) in [6, 6.07) is 5.02. The normalized spacial score (nSPS) is 18.0. The van der Waals surface area contributed by atoms with E-state index in [4.69, 9.17) is 17.0 Å². The van der Waals surface area contributed by atoms with Gasteiger partial charge in [0, 0.05) is 16.6 Å². The average molecular weight is 405 g/mol. The van der Waals surface area contributed by atoms with Gasteiger partial charge in [-0.15, -0.1) is 11.3 Å². The van der Waals surface area contributed by atoms with Crippen molar-refractivity contribution in [3.05, 3.63) is 45.6 Å². The van der Waals surface area contributed by atoms with Gasteiger partial charge in [0.25, 0.3) is 0 Å². The van der Waals surface area contributed by atoms with Crippen molar-refractivity contribution in [2.75, 3.05) is 17.3 Å². The molecule has 1 atom stereocenters. The zero-order valence-electron chi connectivity index (χ0n) is 15.3. The molecule has 7 heteroatoms. The third-order valence-electron chi connectivity index (χ3n) is 5.32. The average Bonchev–Trinajstić information content (AvgIpc) is 3.21. The maximum absolute atomic E-state index is 13.6. The third kappa shape index (κ3) is 3.23. The van der Waals surface area contributed by atoms with Gasteiger partial charge < -0.3 is 15.0 Å². The molecule has 2 aromatic rings. The van der Waals surface area contributed by atoms with Crippen LogP contribution in [0.4, 0.5) is 15.1 Å². The van der Waals surface area contributed by atoms with Crippen molar-refractivity contribution in [3.8, 4) is 0 Å². The van der Waals surface area contributed by atoms with Gasteiger partial charge >= 0.3 is 5.97 Å². The molecule has 4 rings (SSSR count). The molecule has 2 aliphatic rings. The molecule has 1 aliphatic heterocycles. The molecule has 142 valence electrons. The molecule has 0 radical (unpaired) electrons. The lowest BCUT2D eigenvalue weighted by Crippen LogP contribution is -2.44. The van der Waals surface area contributed by atoms with E-state index in [1.165, 1.54) is 18.1 Å². The zero-order chi connectivity index (χ0) is 19.1. The number of methoxy groups -OCH3 is 1. The number of thiocarbonyl (C=S) groups is 1. The van der Waals surface area contributed by atoms with Crippen molar-refractivity contribution >= 4 is 45.3 Å². The molecular formula is C20H21FN2O2S2. The van der Waals surface area contributed by atoms with Crippen LogP contribution in [0.3, 0.4) is 0 Å². The molecule has 4 nitrogen and oxygen atoms in total. The van der Waals surface area contributed by atoms with Crippen LogP contribution < -0.4 is 10.2 Å². The number of carbonyl (C=O) groups excluding carboxylic acids is 1. The van der Waals surface area contributed by atoms with E-state index in [0.717, 1.165) is 53.9 Å². The number of nitrogens with one attached hydrogen (secondary N) is 1. The monoisotopic (exact) mass is 404 g/mol. The summed E-state index contributed by atoms with van der Waals surface area (Å²) in [7, 11) is 1.40. The molecular weight excluding hydrogens is 383 g/mol. The topological polar surface area (TPSA) is 41.6 Å². The van der Waals surface area contributed by atoms with Gasteiger partial charge in [-0.3, -0.25) is 0 Å². The summed E-state index contributed by atoms with van der Waals surface area (Å²) in [5.41, 5.74) is 3.59. The van der Waals surface area contributed by atoms with Crippen LogP contribution in [-0.4, -0.2) is 24.2 Å². The van der Waals surface area contributed by atoms with Gasteiger partial charge in [-0.1, -0.05) is 0 Å². The van der Waals surface area contributed by atoms with Crippen LogP contribution in [0.1, 0.15) is 46.1 Å². The molecule has 1 aromatic heterocycles. The van der Waals surface area contributed by atoms with Crippen LogP contribution in [0.2, 0.25) is 0 Å². The van der Waals surface area contributed by atoms with Crippen molar-refractivity contribution in [2.24, 2.45) is 0 Å². The van der Waals surface area contributed by atoms with Crippen LogP contribution in [0, 0.1) is 5.82 Å². The molecule has 1 aromatic carbocycles. The second-order valence-corrected chi connectivity index (χ2v) is 8.51. The molecule has 0 amide bonds. The molecule has 0 saturated heterocycles. The predicted octanol–water partition coefficient (Wildman–Crippen LogP) is 4.70. The predicted molar refractivity (Wildman–Crippen MR) is 111 cm³/mol. The Bertz CT molecular complexity index is 925. The van der Waals surface area contributed by atoms with E-state index in [1.807, 2.05) is 4.90 Å². The first kappa shape index (κ1) is 18.4. The molecule has 1 N–H and O–H groups in total. The van der Waals surface area contributed by atoms with Crippen LogP contribution in [0.5, 0.6) is 0 Å². The summed E-state index contributed by atoms with van der Waals surface area (Å²) in [6.07, 6.45) is 4.67. The second-order valence-electron chi connectivity index (χ2n) is 7.01. The fourth-order valence-corrected chi connectivity index (χ4v) is 5.72. The number of nitrogens with zero attached hydrogens (tertiary/aromatic N) is 1. The molecule has 1 aliphatic carbocycles. The van der Waals surface area contributed by atoms with Gasteiger partial charge in [0.05, 0.1) is 12.7 Å². The number of ether oxygens (including phenoxy) is 1. The largest absolute Gasteiger partial charge is 0.465 e. The minimum absolute atomic E-state index is 0.191. The fourth-order valence-electron chi connectivity index (χ4n) is 4.00. The molecule has 2 heterocycles. The van der Waals surface area contributed by atoms with Crippen LogP contribution in [0.25, 0.3) is 0 Å². The summed E-state index contributed by atoms with van der Waals surface area (Å²) >= 11 is 7.29. The quantitative estimate of drug-likeness (QED) is 0.580. The highest BCUT2D eigenvalue weighted by Crippen LogP contribution is 2.40. The Hall–Kier alpha value is -1.99. The first-order valence-corrected chi connectivity index (χ1v) is 10.3. The third-order valence-corrected chi connectivity index (χ3v) is 6.83. The summed E-state index contributed by atoms with van der Waals surface area (Å²) < 4.78 is 18.6.